The number of carbonyl (C=O) groups excluding carboxylic acids is 1. The molecule has 1 aromatic rings. The molecule has 0 aromatic carbocycles. The molecular formula is C13H16N2O4. The van der Waals surface area contributed by atoms with E-state index in [0.29, 0.717) is 0 Å². The first-order valence-corrected chi connectivity index (χ1v) is 6.46. The van der Waals surface area contributed by atoms with Gasteiger partial charge in [-0.15, -0.1) is 0 Å². The number of carbonyl (C=O) groups is 1. The van der Waals surface area contributed by atoms with Crippen LogP contribution in [-0.4, -0.2) is 15.3 Å². The fraction of sp³-hybridized carbons (Fsp3) is 0.538. The van der Waals surface area contributed by atoms with Crippen LogP contribution in [-0.2, 0) is 11.3 Å². The second kappa shape index (κ2) is 5.77. The van der Waals surface area contributed by atoms with Gasteiger partial charge in [-0.25, -0.2) is 0 Å². The third kappa shape index (κ3) is 3.07. The summed E-state index contributed by atoms with van der Waals surface area (Å²) in [7, 11) is 0. The molecule has 1 fully saturated rings. The smallest absolute Gasteiger partial charge is 0.302 e. The quantitative estimate of drug-likeness (QED) is 0.614. The lowest BCUT2D eigenvalue weighted by Gasteiger charge is -2.20. The van der Waals surface area contributed by atoms with Crippen molar-refractivity contribution in [3.8, 4) is 0 Å². The summed E-state index contributed by atoms with van der Waals surface area (Å²) in [5, 5.41) is 10.7. The van der Waals surface area contributed by atoms with Crippen molar-refractivity contribution in [2.45, 2.75) is 38.6 Å². The highest BCUT2D eigenvalue weighted by atomic mass is 16.6. The molecule has 0 bridgehead atoms. The Balaban J connectivity index is 2.15. The molecule has 1 saturated carbocycles. The molecule has 0 amide bonds. The van der Waals surface area contributed by atoms with E-state index < -0.39 is 16.2 Å². The molecule has 1 aromatic heterocycles. The molecule has 0 atom stereocenters. The average Bonchev–Trinajstić information content (AvgIpc) is 2.41. The van der Waals surface area contributed by atoms with Crippen molar-refractivity contribution in [2.75, 3.05) is 0 Å². The van der Waals surface area contributed by atoms with E-state index >= 15 is 0 Å². The van der Waals surface area contributed by atoms with Gasteiger partial charge in [0.15, 0.2) is 5.78 Å². The van der Waals surface area contributed by atoms with Gasteiger partial charge in [0.2, 0.25) is 0 Å². The van der Waals surface area contributed by atoms with Crippen LogP contribution >= 0.6 is 0 Å². The average molecular weight is 264 g/mol. The molecular weight excluding hydrogens is 248 g/mol. The Morgan fingerprint density at radius 3 is 2.68 bits per heavy atom. The van der Waals surface area contributed by atoms with Crippen molar-refractivity contribution in [3.63, 3.8) is 0 Å². The monoisotopic (exact) mass is 264 g/mol. The Bertz CT molecular complexity index is 544. The van der Waals surface area contributed by atoms with Crippen LogP contribution in [0.3, 0.4) is 0 Å². The van der Waals surface area contributed by atoms with Crippen molar-refractivity contribution < 1.29 is 9.72 Å². The lowest BCUT2D eigenvalue weighted by molar-refractivity contribution is -0.386. The fourth-order valence-electron chi connectivity index (χ4n) is 2.51. The van der Waals surface area contributed by atoms with Gasteiger partial charge in [-0.05, 0) is 18.9 Å². The van der Waals surface area contributed by atoms with Gasteiger partial charge in [0.25, 0.3) is 0 Å². The van der Waals surface area contributed by atoms with Crippen molar-refractivity contribution >= 4 is 11.5 Å². The van der Waals surface area contributed by atoms with Gasteiger partial charge in [-0.2, -0.15) is 0 Å². The van der Waals surface area contributed by atoms with Gasteiger partial charge >= 0.3 is 11.2 Å². The number of Topliss-reactive ketones (excluding diaryl/α,β-unsaturated/α-hetero) is 1. The molecule has 19 heavy (non-hydrogen) atoms. The van der Waals surface area contributed by atoms with E-state index in [4.69, 9.17) is 0 Å². The first-order chi connectivity index (χ1) is 9.09. The molecule has 0 radical (unpaired) electrons. The van der Waals surface area contributed by atoms with Crippen LogP contribution < -0.4 is 5.56 Å². The molecule has 0 aliphatic heterocycles. The second-order valence-corrected chi connectivity index (χ2v) is 4.88. The molecule has 0 spiro atoms. The molecule has 2 rings (SSSR count). The summed E-state index contributed by atoms with van der Waals surface area (Å²) in [6.45, 7) is -0.0643. The first kappa shape index (κ1) is 13.5. The summed E-state index contributed by atoms with van der Waals surface area (Å²) in [4.78, 5) is 33.8. The Kier molecular flexibility index (Phi) is 4.09. The third-order valence-electron chi connectivity index (χ3n) is 3.58. The summed E-state index contributed by atoms with van der Waals surface area (Å²) in [5.74, 6) is 0.00205. The van der Waals surface area contributed by atoms with Gasteiger partial charge in [0.1, 0.15) is 0 Å². The topological polar surface area (TPSA) is 82.2 Å². The van der Waals surface area contributed by atoms with E-state index in [0.717, 1.165) is 42.7 Å². The predicted octanol–water partition coefficient (Wildman–Crippen LogP) is 1.91. The van der Waals surface area contributed by atoms with Crippen LogP contribution in [0.15, 0.2) is 23.1 Å². The molecule has 1 aliphatic rings. The van der Waals surface area contributed by atoms with Gasteiger partial charge in [-0.3, -0.25) is 19.7 Å². The molecule has 6 heteroatoms. The third-order valence-corrected chi connectivity index (χ3v) is 3.58. The zero-order valence-corrected chi connectivity index (χ0v) is 10.6. The number of pyridine rings is 1. The SMILES string of the molecule is O=C(Cn1cccc([N+](=O)[O-])c1=O)C1CCCCC1. The Hall–Kier alpha value is -1.98. The second-order valence-electron chi connectivity index (χ2n) is 4.88. The maximum Gasteiger partial charge on any atom is 0.334 e. The lowest BCUT2D eigenvalue weighted by atomic mass is 9.86. The number of hydrogen-bond donors (Lipinski definition) is 0. The van der Waals surface area contributed by atoms with Crippen molar-refractivity contribution in [1.82, 2.24) is 4.57 Å². The first-order valence-electron chi connectivity index (χ1n) is 6.46. The number of nitro groups is 1. The van der Waals surface area contributed by atoms with Gasteiger partial charge in [-0.1, -0.05) is 19.3 Å². The Labute approximate surface area is 110 Å². The van der Waals surface area contributed by atoms with Crippen LogP contribution in [0.1, 0.15) is 32.1 Å². The number of nitrogens with zero attached hydrogens (tertiary/aromatic N) is 2. The standard InChI is InChI=1S/C13H16N2O4/c16-12(10-5-2-1-3-6-10)9-14-8-4-7-11(13(14)17)15(18)19/h4,7-8,10H,1-3,5-6,9H2. The molecule has 1 aliphatic carbocycles. The highest BCUT2D eigenvalue weighted by molar-refractivity contribution is 5.80. The van der Waals surface area contributed by atoms with Crippen LogP contribution in [0.25, 0.3) is 0 Å². The molecule has 1 heterocycles. The summed E-state index contributed by atoms with van der Waals surface area (Å²) >= 11 is 0. The van der Waals surface area contributed by atoms with Gasteiger partial charge in [0, 0.05) is 18.2 Å². The highest BCUT2D eigenvalue weighted by Gasteiger charge is 2.22. The predicted molar refractivity (Wildman–Crippen MR) is 68.9 cm³/mol. The molecule has 102 valence electrons. The van der Waals surface area contributed by atoms with E-state index in [2.05, 4.69) is 0 Å². The maximum absolute atomic E-state index is 12.1. The van der Waals surface area contributed by atoms with E-state index in [1.807, 2.05) is 0 Å². The zero-order chi connectivity index (χ0) is 13.8. The highest BCUT2D eigenvalue weighted by Crippen LogP contribution is 2.24. The van der Waals surface area contributed by atoms with Crippen LogP contribution in [0.2, 0.25) is 0 Å². The number of hydrogen-bond acceptors (Lipinski definition) is 4. The van der Waals surface area contributed by atoms with Crippen LogP contribution in [0, 0.1) is 16.0 Å². The van der Waals surface area contributed by atoms with E-state index in [9.17, 15) is 19.7 Å². The molecule has 0 saturated heterocycles. The van der Waals surface area contributed by atoms with E-state index in [1.54, 1.807) is 0 Å². The fourth-order valence-corrected chi connectivity index (χ4v) is 2.51. The largest absolute Gasteiger partial charge is 0.334 e. The van der Waals surface area contributed by atoms with E-state index in [-0.39, 0.29) is 18.2 Å². The van der Waals surface area contributed by atoms with E-state index in [1.165, 1.54) is 12.3 Å². The Morgan fingerprint density at radius 2 is 2.05 bits per heavy atom. The van der Waals surface area contributed by atoms with Gasteiger partial charge < -0.3 is 4.57 Å². The molecule has 0 N–H and O–H groups in total. The van der Waals surface area contributed by atoms with Crippen molar-refractivity contribution in [3.05, 3.63) is 38.8 Å². The number of ketones is 1. The minimum Gasteiger partial charge on any atom is -0.302 e. The normalized spacial score (nSPS) is 16.2. The summed E-state index contributed by atoms with van der Waals surface area (Å²) < 4.78 is 1.13. The van der Waals surface area contributed by atoms with Crippen molar-refractivity contribution in [1.29, 1.82) is 0 Å². The molecule has 6 nitrogen and oxygen atoms in total. The summed E-state index contributed by atoms with van der Waals surface area (Å²) in [5.41, 5.74) is -1.20. The zero-order valence-electron chi connectivity index (χ0n) is 10.6. The van der Waals surface area contributed by atoms with Crippen LogP contribution in [0.4, 0.5) is 5.69 Å². The number of aromatic nitrogens is 1. The summed E-state index contributed by atoms with van der Waals surface area (Å²) in [6, 6.07) is 2.58. The van der Waals surface area contributed by atoms with Crippen LogP contribution in [0.5, 0.6) is 0 Å². The molecule has 0 unspecified atom stereocenters. The van der Waals surface area contributed by atoms with Crippen molar-refractivity contribution in [2.24, 2.45) is 5.92 Å². The van der Waals surface area contributed by atoms with Gasteiger partial charge in [0.05, 0.1) is 11.5 Å². The Morgan fingerprint density at radius 1 is 1.37 bits per heavy atom. The minimum absolute atomic E-state index is 0.0000813. The maximum atomic E-state index is 12.1. The number of rotatable bonds is 4. The lowest BCUT2D eigenvalue weighted by Crippen LogP contribution is -2.29. The minimum atomic E-state index is -0.718. The summed E-state index contributed by atoms with van der Waals surface area (Å²) in [6.07, 6.45) is 6.39.